The van der Waals surface area contributed by atoms with E-state index in [1.54, 1.807) is 7.11 Å². The van der Waals surface area contributed by atoms with Gasteiger partial charge in [-0.3, -0.25) is 0 Å². The summed E-state index contributed by atoms with van der Waals surface area (Å²) < 4.78 is 5.05. The number of methoxy groups -OCH3 is 1. The van der Waals surface area contributed by atoms with E-state index in [1.807, 2.05) is 19.2 Å². The van der Waals surface area contributed by atoms with Gasteiger partial charge in [-0.1, -0.05) is 19.8 Å². The Balaban J connectivity index is 2.11. The average Bonchev–Trinajstić information content (AvgIpc) is 2.40. The van der Waals surface area contributed by atoms with E-state index < -0.39 is 0 Å². The van der Waals surface area contributed by atoms with Crippen molar-refractivity contribution in [3.05, 3.63) is 17.8 Å². The first kappa shape index (κ1) is 13.3. The molecule has 2 rings (SSSR count). The van der Waals surface area contributed by atoms with Crippen LogP contribution in [0.4, 0.5) is 0 Å². The quantitative estimate of drug-likeness (QED) is 0.891. The van der Waals surface area contributed by atoms with Crippen LogP contribution in [0.3, 0.4) is 0 Å². The Kier molecular flexibility index (Phi) is 4.53. The van der Waals surface area contributed by atoms with Gasteiger partial charge in [0.2, 0.25) is 5.88 Å². The first-order valence-corrected chi connectivity index (χ1v) is 6.79. The van der Waals surface area contributed by atoms with Gasteiger partial charge in [0.15, 0.2) is 0 Å². The monoisotopic (exact) mass is 249 g/mol. The predicted octanol–water partition coefficient (Wildman–Crippen LogP) is 2.57. The summed E-state index contributed by atoms with van der Waals surface area (Å²) >= 11 is 0. The molecule has 3 unspecified atom stereocenters. The molecular formula is C14H23N3O. The summed E-state index contributed by atoms with van der Waals surface area (Å²) in [4.78, 5) is 0. The molecule has 1 aliphatic carbocycles. The van der Waals surface area contributed by atoms with Gasteiger partial charge in [-0.05, 0) is 37.8 Å². The van der Waals surface area contributed by atoms with Gasteiger partial charge in [-0.25, -0.2) is 0 Å². The Morgan fingerprint density at radius 1 is 1.33 bits per heavy atom. The maximum absolute atomic E-state index is 5.05. The zero-order chi connectivity index (χ0) is 13.0. The van der Waals surface area contributed by atoms with E-state index in [4.69, 9.17) is 4.74 Å². The molecule has 0 spiro atoms. The molecule has 3 atom stereocenters. The molecule has 100 valence electrons. The summed E-state index contributed by atoms with van der Waals surface area (Å²) in [5.41, 5.74) is 1.03. The van der Waals surface area contributed by atoms with Crippen molar-refractivity contribution in [3.8, 4) is 5.88 Å². The molecule has 4 nitrogen and oxygen atoms in total. The maximum atomic E-state index is 5.05. The van der Waals surface area contributed by atoms with Gasteiger partial charge >= 0.3 is 0 Å². The van der Waals surface area contributed by atoms with E-state index >= 15 is 0 Å². The predicted molar refractivity (Wildman–Crippen MR) is 71.5 cm³/mol. The lowest BCUT2D eigenvalue weighted by Crippen LogP contribution is -2.29. The van der Waals surface area contributed by atoms with Gasteiger partial charge in [0.25, 0.3) is 0 Å². The summed E-state index contributed by atoms with van der Waals surface area (Å²) in [6.45, 7) is 2.35. The molecular weight excluding hydrogens is 226 g/mol. The van der Waals surface area contributed by atoms with Crippen LogP contribution in [-0.2, 0) is 0 Å². The first-order valence-electron chi connectivity index (χ1n) is 6.79. The van der Waals surface area contributed by atoms with E-state index in [1.165, 1.54) is 25.7 Å². The molecule has 0 bridgehead atoms. The van der Waals surface area contributed by atoms with Crippen molar-refractivity contribution in [3.63, 3.8) is 0 Å². The molecule has 1 N–H and O–H groups in total. The number of hydrogen-bond acceptors (Lipinski definition) is 4. The largest absolute Gasteiger partial charge is 0.480 e. The van der Waals surface area contributed by atoms with Crippen LogP contribution in [0.1, 0.15) is 44.3 Å². The van der Waals surface area contributed by atoms with Crippen LogP contribution in [0.5, 0.6) is 5.88 Å². The minimum Gasteiger partial charge on any atom is -0.480 e. The molecule has 0 saturated heterocycles. The van der Waals surface area contributed by atoms with Crippen LogP contribution in [0.2, 0.25) is 0 Å². The van der Waals surface area contributed by atoms with Crippen molar-refractivity contribution >= 4 is 0 Å². The van der Waals surface area contributed by atoms with E-state index in [-0.39, 0.29) is 0 Å². The third kappa shape index (κ3) is 2.99. The number of rotatable bonds is 4. The molecule has 0 aliphatic heterocycles. The second-order valence-corrected chi connectivity index (χ2v) is 5.30. The zero-order valence-corrected chi connectivity index (χ0v) is 11.5. The minimum atomic E-state index is 0.311. The van der Waals surface area contributed by atoms with Crippen molar-refractivity contribution < 1.29 is 4.74 Å². The lowest BCUT2D eigenvalue weighted by atomic mass is 9.78. The third-order valence-corrected chi connectivity index (χ3v) is 3.95. The number of hydrogen-bond donors (Lipinski definition) is 1. The summed E-state index contributed by atoms with van der Waals surface area (Å²) in [7, 11) is 3.62. The standard InChI is InChI=1S/C14H23N3O/c1-10-5-4-6-11(9-10)14(15-2)12-7-8-13(18-3)17-16-12/h7-8,10-11,14-15H,4-6,9H2,1-3H3. The zero-order valence-electron chi connectivity index (χ0n) is 11.5. The Hall–Kier alpha value is -1.16. The highest BCUT2D eigenvalue weighted by atomic mass is 16.5. The molecule has 0 amide bonds. The molecule has 1 aromatic heterocycles. The van der Waals surface area contributed by atoms with Crippen molar-refractivity contribution in [2.75, 3.05) is 14.2 Å². The van der Waals surface area contributed by atoms with Gasteiger partial charge in [0.1, 0.15) is 0 Å². The highest BCUT2D eigenvalue weighted by Crippen LogP contribution is 2.36. The Morgan fingerprint density at radius 2 is 2.17 bits per heavy atom. The third-order valence-electron chi connectivity index (χ3n) is 3.95. The van der Waals surface area contributed by atoms with Crippen LogP contribution >= 0.6 is 0 Å². The first-order chi connectivity index (χ1) is 8.74. The summed E-state index contributed by atoms with van der Waals surface area (Å²) in [5.74, 6) is 2.07. The molecule has 4 heteroatoms. The second kappa shape index (κ2) is 6.14. The molecule has 0 aromatic carbocycles. The van der Waals surface area contributed by atoms with Crippen molar-refractivity contribution in [1.29, 1.82) is 0 Å². The van der Waals surface area contributed by atoms with Gasteiger partial charge in [-0.2, -0.15) is 5.10 Å². The van der Waals surface area contributed by atoms with E-state index in [0.29, 0.717) is 17.8 Å². The second-order valence-electron chi connectivity index (χ2n) is 5.30. The smallest absolute Gasteiger partial charge is 0.233 e. The fraction of sp³-hybridized carbons (Fsp3) is 0.714. The van der Waals surface area contributed by atoms with E-state index in [0.717, 1.165) is 11.6 Å². The number of nitrogens with one attached hydrogen (secondary N) is 1. The van der Waals surface area contributed by atoms with Crippen LogP contribution in [0, 0.1) is 11.8 Å². The van der Waals surface area contributed by atoms with Gasteiger partial charge < -0.3 is 10.1 Å². The lowest BCUT2D eigenvalue weighted by Gasteiger charge is -2.32. The van der Waals surface area contributed by atoms with Gasteiger partial charge in [0.05, 0.1) is 18.8 Å². The summed E-state index contributed by atoms with van der Waals surface area (Å²) in [5, 5.41) is 11.8. The highest BCUT2D eigenvalue weighted by Gasteiger charge is 2.27. The Bertz CT molecular complexity index is 366. The summed E-state index contributed by atoms with van der Waals surface area (Å²) in [6, 6.07) is 4.22. The molecule has 1 aliphatic rings. The highest BCUT2D eigenvalue weighted by molar-refractivity contribution is 5.15. The van der Waals surface area contributed by atoms with Crippen molar-refractivity contribution in [2.24, 2.45) is 11.8 Å². The fourth-order valence-corrected chi connectivity index (χ4v) is 3.01. The Morgan fingerprint density at radius 3 is 2.72 bits per heavy atom. The number of ether oxygens (including phenoxy) is 1. The van der Waals surface area contributed by atoms with E-state index in [9.17, 15) is 0 Å². The van der Waals surface area contributed by atoms with Crippen LogP contribution in [-0.4, -0.2) is 24.4 Å². The van der Waals surface area contributed by atoms with E-state index in [2.05, 4.69) is 22.4 Å². The van der Waals surface area contributed by atoms with Crippen LogP contribution in [0.25, 0.3) is 0 Å². The minimum absolute atomic E-state index is 0.311. The SMILES string of the molecule is CNC(c1ccc(OC)nn1)C1CCCC(C)C1. The van der Waals surface area contributed by atoms with Gasteiger partial charge in [0, 0.05) is 6.07 Å². The summed E-state index contributed by atoms with van der Waals surface area (Å²) in [6.07, 6.45) is 5.25. The fourth-order valence-electron chi connectivity index (χ4n) is 3.01. The molecule has 1 fully saturated rings. The lowest BCUT2D eigenvalue weighted by molar-refractivity contribution is 0.226. The van der Waals surface area contributed by atoms with Crippen LogP contribution in [0.15, 0.2) is 12.1 Å². The van der Waals surface area contributed by atoms with Gasteiger partial charge in [-0.15, -0.1) is 5.10 Å². The maximum Gasteiger partial charge on any atom is 0.233 e. The molecule has 0 radical (unpaired) electrons. The molecule has 1 heterocycles. The molecule has 18 heavy (non-hydrogen) atoms. The topological polar surface area (TPSA) is 47.0 Å². The number of nitrogens with zero attached hydrogens (tertiary/aromatic N) is 2. The Labute approximate surface area is 109 Å². The average molecular weight is 249 g/mol. The van der Waals surface area contributed by atoms with Crippen LogP contribution < -0.4 is 10.1 Å². The van der Waals surface area contributed by atoms with Crippen molar-refractivity contribution in [2.45, 2.75) is 38.6 Å². The normalized spacial score (nSPS) is 25.7. The molecule has 1 aromatic rings. The van der Waals surface area contributed by atoms with Crippen molar-refractivity contribution in [1.82, 2.24) is 15.5 Å². The number of aromatic nitrogens is 2. The molecule has 1 saturated carbocycles.